The Balaban J connectivity index is 2.29. The van der Waals surface area contributed by atoms with E-state index in [0.717, 1.165) is 37.9 Å². The van der Waals surface area contributed by atoms with Gasteiger partial charge in [0.2, 0.25) is 0 Å². The molecule has 2 rings (SSSR count). The summed E-state index contributed by atoms with van der Waals surface area (Å²) in [5.74, 6) is 0. The molecule has 0 saturated heterocycles. The molecule has 1 aromatic rings. The lowest BCUT2D eigenvalue weighted by Gasteiger charge is -2.14. The summed E-state index contributed by atoms with van der Waals surface area (Å²) in [5.41, 5.74) is 0.689. The number of aromatic nitrogens is 1. The smallest absolute Gasteiger partial charge is 0.255 e. The van der Waals surface area contributed by atoms with Crippen LogP contribution in [0.15, 0.2) is 17.8 Å². The Bertz CT molecular complexity index is 458. The third-order valence-corrected chi connectivity index (χ3v) is 3.33. The zero-order valence-electron chi connectivity index (χ0n) is 9.73. The molecule has 1 aliphatic carbocycles. The second-order valence-electron chi connectivity index (χ2n) is 4.45. The molecule has 0 radical (unpaired) electrons. The summed E-state index contributed by atoms with van der Waals surface area (Å²) in [5, 5.41) is -0.353. The van der Waals surface area contributed by atoms with Gasteiger partial charge in [-0.25, -0.2) is 0 Å². The van der Waals surface area contributed by atoms with Crippen LogP contribution in [0.4, 0.5) is 13.2 Å². The summed E-state index contributed by atoms with van der Waals surface area (Å²) >= 11 is 5.52. The quantitative estimate of drug-likeness (QED) is 0.695. The largest absolute Gasteiger partial charge is 0.417 e. The number of hydrogen-bond donors (Lipinski definition) is 0. The van der Waals surface area contributed by atoms with Crippen LogP contribution >= 0.6 is 11.6 Å². The lowest BCUT2D eigenvalue weighted by atomic mass is 9.94. The maximum Gasteiger partial charge on any atom is 0.417 e. The number of rotatable bonds is 1. The number of alkyl halides is 3. The predicted octanol–water partition coefficient (Wildman–Crippen LogP) is 5.10. The fraction of sp³-hybridized carbons (Fsp3) is 0.462. The lowest BCUT2D eigenvalue weighted by molar-refractivity contribution is -0.137. The van der Waals surface area contributed by atoms with Gasteiger partial charge in [-0.3, -0.25) is 4.98 Å². The van der Waals surface area contributed by atoms with Gasteiger partial charge in [-0.15, -0.1) is 0 Å². The summed E-state index contributed by atoms with van der Waals surface area (Å²) in [6, 6.07) is 1.02. The van der Waals surface area contributed by atoms with Gasteiger partial charge in [0, 0.05) is 6.20 Å². The second-order valence-corrected chi connectivity index (χ2v) is 4.86. The summed E-state index contributed by atoms with van der Waals surface area (Å²) in [6.07, 6.45) is 3.69. The van der Waals surface area contributed by atoms with E-state index in [1.165, 1.54) is 12.0 Å². The van der Waals surface area contributed by atoms with Crippen LogP contribution in [0.1, 0.15) is 43.4 Å². The summed E-state index contributed by atoms with van der Waals surface area (Å²) in [7, 11) is 0. The molecule has 0 amide bonds. The molecule has 18 heavy (non-hydrogen) atoms. The molecule has 1 aliphatic rings. The highest BCUT2D eigenvalue weighted by Gasteiger charge is 2.33. The Morgan fingerprint density at radius 3 is 2.44 bits per heavy atom. The van der Waals surface area contributed by atoms with Crippen molar-refractivity contribution in [3.63, 3.8) is 0 Å². The van der Waals surface area contributed by atoms with Crippen LogP contribution in [0.3, 0.4) is 0 Å². The van der Waals surface area contributed by atoms with Crippen molar-refractivity contribution in [2.24, 2.45) is 0 Å². The first kappa shape index (κ1) is 13.4. The van der Waals surface area contributed by atoms with E-state index in [2.05, 4.69) is 4.98 Å². The number of halogens is 4. The van der Waals surface area contributed by atoms with Crippen LogP contribution in [0.5, 0.6) is 0 Å². The first-order valence-corrected chi connectivity index (χ1v) is 6.27. The fourth-order valence-electron chi connectivity index (χ4n) is 2.11. The van der Waals surface area contributed by atoms with E-state index in [9.17, 15) is 13.2 Å². The third-order valence-electron chi connectivity index (χ3n) is 3.03. The standard InChI is InChI=1S/C13H13ClF3N/c14-12-8-18-10(7-11(12)13(15,16)17)6-9-4-2-1-3-5-9/h6-8H,1-5H2. The Kier molecular flexibility index (Phi) is 3.95. The molecule has 0 spiro atoms. The average molecular weight is 276 g/mol. The minimum absolute atomic E-state index is 0.337. The Hall–Kier alpha value is -1.03. The van der Waals surface area contributed by atoms with Crippen molar-refractivity contribution >= 4 is 17.7 Å². The minimum atomic E-state index is -4.43. The molecular formula is C13H13ClF3N. The van der Waals surface area contributed by atoms with Crippen molar-refractivity contribution in [2.75, 3.05) is 0 Å². The molecule has 0 aromatic carbocycles. The van der Waals surface area contributed by atoms with E-state index in [-0.39, 0.29) is 5.02 Å². The fourth-order valence-corrected chi connectivity index (χ4v) is 2.32. The van der Waals surface area contributed by atoms with E-state index in [4.69, 9.17) is 11.6 Å². The molecular weight excluding hydrogens is 263 g/mol. The van der Waals surface area contributed by atoms with E-state index in [1.54, 1.807) is 6.08 Å². The third kappa shape index (κ3) is 3.25. The Morgan fingerprint density at radius 2 is 1.83 bits per heavy atom. The highest BCUT2D eigenvalue weighted by molar-refractivity contribution is 6.31. The summed E-state index contributed by atoms with van der Waals surface area (Å²) < 4.78 is 38.0. The number of pyridine rings is 1. The maximum atomic E-state index is 12.7. The van der Waals surface area contributed by atoms with Crippen LogP contribution in [-0.4, -0.2) is 4.98 Å². The molecule has 1 nitrogen and oxygen atoms in total. The summed E-state index contributed by atoms with van der Waals surface area (Å²) in [4.78, 5) is 3.94. The van der Waals surface area contributed by atoms with Gasteiger partial charge in [0.1, 0.15) is 0 Å². The molecule has 1 aromatic heterocycles. The van der Waals surface area contributed by atoms with Gasteiger partial charge in [0.15, 0.2) is 0 Å². The van der Waals surface area contributed by atoms with Gasteiger partial charge in [-0.1, -0.05) is 23.6 Å². The van der Waals surface area contributed by atoms with Gasteiger partial charge >= 0.3 is 6.18 Å². The molecule has 0 unspecified atom stereocenters. The Morgan fingerprint density at radius 1 is 1.17 bits per heavy atom. The first-order chi connectivity index (χ1) is 8.47. The van der Waals surface area contributed by atoms with Crippen LogP contribution < -0.4 is 0 Å². The van der Waals surface area contributed by atoms with Crippen molar-refractivity contribution in [2.45, 2.75) is 38.3 Å². The zero-order chi connectivity index (χ0) is 13.2. The molecule has 0 atom stereocenters. The molecule has 1 fully saturated rings. The highest BCUT2D eigenvalue weighted by Crippen LogP contribution is 2.35. The van der Waals surface area contributed by atoms with E-state index < -0.39 is 11.7 Å². The average Bonchev–Trinajstić information content (AvgIpc) is 2.31. The van der Waals surface area contributed by atoms with Gasteiger partial charge in [-0.2, -0.15) is 13.2 Å². The van der Waals surface area contributed by atoms with Crippen molar-refractivity contribution in [1.29, 1.82) is 0 Å². The lowest BCUT2D eigenvalue weighted by Crippen LogP contribution is -2.07. The minimum Gasteiger partial charge on any atom is -0.255 e. The molecule has 98 valence electrons. The van der Waals surface area contributed by atoms with Crippen molar-refractivity contribution in [1.82, 2.24) is 4.98 Å². The van der Waals surface area contributed by atoms with E-state index in [0.29, 0.717) is 5.69 Å². The monoisotopic (exact) mass is 275 g/mol. The van der Waals surface area contributed by atoms with Gasteiger partial charge < -0.3 is 0 Å². The molecule has 0 bridgehead atoms. The van der Waals surface area contributed by atoms with E-state index >= 15 is 0 Å². The molecule has 1 saturated carbocycles. The molecule has 0 N–H and O–H groups in total. The molecule has 0 aliphatic heterocycles. The number of nitrogens with zero attached hydrogens (tertiary/aromatic N) is 1. The molecule has 5 heteroatoms. The summed E-state index contributed by atoms with van der Waals surface area (Å²) in [6.45, 7) is 0. The van der Waals surface area contributed by atoms with Crippen molar-refractivity contribution in [3.8, 4) is 0 Å². The normalized spacial score (nSPS) is 16.8. The number of allylic oxidation sites excluding steroid dienone is 1. The first-order valence-electron chi connectivity index (χ1n) is 5.89. The second kappa shape index (κ2) is 5.31. The van der Waals surface area contributed by atoms with Crippen molar-refractivity contribution < 1.29 is 13.2 Å². The van der Waals surface area contributed by atoms with Gasteiger partial charge in [-0.05, 0) is 37.8 Å². The molecule has 1 heterocycles. The van der Waals surface area contributed by atoms with Crippen LogP contribution in [0.25, 0.3) is 6.08 Å². The predicted molar refractivity (Wildman–Crippen MR) is 65.3 cm³/mol. The van der Waals surface area contributed by atoms with Crippen LogP contribution in [0.2, 0.25) is 5.02 Å². The van der Waals surface area contributed by atoms with Crippen LogP contribution in [-0.2, 0) is 6.18 Å². The topological polar surface area (TPSA) is 12.9 Å². The number of hydrogen-bond acceptors (Lipinski definition) is 1. The van der Waals surface area contributed by atoms with E-state index in [1.807, 2.05) is 0 Å². The SMILES string of the molecule is FC(F)(F)c1cc(C=C2CCCCC2)ncc1Cl. The van der Waals surface area contributed by atoms with Gasteiger partial charge in [0.05, 0.1) is 16.3 Å². The van der Waals surface area contributed by atoms with Gasteiger partial charge in [0.25, 0.3) is 0 Å². The van der Waals surface area contributed by atoms with Crippen molar-refractivity contribution in [3.05, 3.63) is 34.1 Å². The maximum absolute atomic E-state index is 12.7. The highest BCUT2D eigenvalue weighted by atomic mass is 35.5. The Labute approximate surface area is 109 Å². The van der Waals surface area contributed by atoms with Crippen LogP contribution in [0, 0.1) is 0 Å². The zero-order valence-corrected chi connectivity index (χ0v) is 10.5.